The first-order chi connectivity index (χ1) is 8.03. The maximum absolute atomic E-state index is 11.6. The van der Waals surface area contributed by atoms with E-state index >= 15 is 0 Å². The molecule has 17 heavy (non-hydrogen) atoms. The van der Waals surface area contributed by atoms with E-state index in [2.05, 4.69) is 6.92 Å². The molecule has 0 aromatic rings. The van der Waals surface area contributed by atoms with Crippen LogP contribution in [-0.4, -0.2) is 30.8 Å². The molecule has 0 aliphatic heterocycles. The number of hydrogen-bond donors (Lipinski definition) is 1. The van der Waals surface area contributed by atoms with Gasteiger partial charge in [-0.2, -0.15) is 0 Å². The molecule has 0 bridgehead atoms. The second-order valence-corrected chi connectivity index (χ2v) is 5.10. The zero-order valence-electron chi connectivity index (χ0n) is 11.2. The average molecular weight is 243 g/mol. The van der Waals surface area contributed by atoms with E-state index < -0.39 is 6.10 Å². The van der Waals surface area contributed by atoms with Crippen molar-refractivity contribution in [3.63, 3.8) is 0 Å². The molecule has 0 heterocycles. The van der Waals surface area contributed by atoms with Crippen molar-refractivity contribution in [1.29, 1.82) is 0 Å². The maximum atomic E-state index is 11.6. The number of ether oxygens (including phenoxy) is 2. The van der Waals surface area contributed by atoms with E-state index in [9.17, 15) is 4.79 Å². The van der Waals surface area contributed by atoms with Gasteiger partial charge in [-0.3, -0.25) is 0 Å². The topological polar surface area (TPSA) is 61.5 Å². The first-order valence-electron chi connectivity index (χ1n) is 6.57. The summed E-state index contributed by atoms with van der Waals surface area (Å²) in [5, 5.41) is 0. The van der Waals surface area contributed by atoms with Crippen LogP contribution in [-0.2, 0) is 14.3 Å². The van der Waals surface area contributed by atoms with E-state index in [4.69, 9.17) is 15.2 Å². The summed E-state index contributed by atoms with van der Waals surface area (Å²) in [4.78, 5) is 11.6. The summed E-state index contributed by atoms with van der Waals surface area (Å²) >= 11 is 0. The standard InChI is InChI=1S/C13H25NO3/c1-4-16-12(15)11(3)17-13(9-14)7-5-6-10(2)8-13/h10-11H,4-9,14H2,1-3H3. The third-order valence-electron chi connectivity index (χ3n) is 3.47. The van der Waals surface area contributed by atoms with Gasteiger partial charge in [-0.25, -0.2) is 4.79 Å². The van der Waals surface area contributed by atoms with Crippen LogP contribution in [0.1, 0.15) is 46.5 Å². The molecule has 0 saturated heterocycles. The van der Waals surface area contributed by atoms with Crippen LogP contribution in [0.25, 0.3) is 0 Å². The fourth-order valence-electron chi connectivity index (χ4n) is 2.64. The van der Waals surface area contributed by atoms with Gasteiger partial charge in [-0.1, -0.05) is 19.8 Å². The number of rotatable bonds is 5. The highest BCUT2D eigenvalue weighted by Gasteiger charge is 2.37. The Kier molecular flexibility index (Phi) is 5.40. The fourth-order valence-corrected chi connectivity index (χ4v) is 2.64. The van der Waals surface area contributed by atoms with Gasteiger partial charge in [0.15, 0.2) is 6.10 Å². The first kappa shape index (κ1) is 14.5. The van der Waals surface area contributed by atoms with E-state index in [1.165, 1.54) is 6.42 Å². The van der Waals surface area contributed by atoms with Crippen LogP contribution in [0.4, 0.5) is 0 Å². The van der Waals surface area contributed by atoms with Crippen molar-refractivity contribution in [2.24, 2.45) is 11.7 Å². The highest BCUT2D eigenvalue weighted by atomic mass is 16.6. The van der Waals surface area contributed by atoms with Crippen LogP contribution in [0.5, 0.6) is 0 Å². The van der Waals surface area contributed by atoms with Gasteiger partial charge in [0, 0.05) is 6.54 Å². The molecule has 0 amide bonds. The first-order valence-corrected chi connectivity index (χ1v) is 6.57. The molecule has 3 unspecified atom stereocenters. The Morgan fingerprint density at radius 2 is 2.29 bits per heavy atom. The van der Waals surface area contributed by atoms with Crippen molar-refractivity contribution >= 4 is 5.97 Å². The molecule has 4 heteroatoms. The van der Waals surface area contributed by atoms with Crippen LogP contribution in [0.3, 0.4) is 0 Å². The van der Waals surface area contributed by atoms with Crippen LogP contribution < -0.4 is 5.73 Å². The molecule has 0 spiro atoms. The van der Waals surface area contributed by atoms with Crippen LogP contribution in [0.15, 0.2) is 0 Å². The van der Waals surface area contributed by atoms with Crippen LogP contribution in [0.2, 0.25) is 0 Å². The molecule has 1 fully saturated rings. The molecule has 0 aromatic heterocycles. The molecule has 1 rings (SSSR count). The van der Waals surface area contributed by atoms with Gasteiger partial charge >= 0.3 is 5.97 Å². The molecule has 2 N–H and O–H groups in total. The lowest BCUT2D eigenvalue weighted by molar-refractivity contribution is -0.172. The summed E-state index contributed by atoms with van der Waals surface area (Å²) in [6.45, 7) is 6.61. The van der Waals surface area contributed by atoms with Gasteiger partial charge in [0.25, 0.3) is 0 Å². The number of carbonyl (C=O) groups excluding carboxylic acids is 1. The van der Waals surface area contributed by atoms with Gasteiger partial charge in [0.2, 0.25) is 0 Å². The maximum Gasteiger partial charge on any atom is 0.334 e. The molecule has 100 valence electrons. The minimum absolute atomic E-state index is 0.293. The second kappa shape index (κ2) is 6.36. The van der Waals surface area contributed by atoms with Crippen molar-refractivity contribution in [1.82, 2.24) is 0 Å². The number of hydrogen-bond acceptors (Lipinski definition) is 4. The van der Waals surface area contributed by atoms with Crippen molar-refractivity contribution in [3.8, 4) is 0 Å². The Morgan fingerprint density at radius 3 is 2.82 bits per heavy atom. The monoisotopic (exact) mass is 243 g/mol. The zero-order chi connectivity index (χ0) is 12.9. The van der Waals surface area contributed by atoms with E-state index in [1.807, 2.05) is 0 Å². The van der Waals surface area contributed by atoms with E-state index in [-0.39, 0.29) is 11.6 Å². The molecule has 0 radical (unpaired) electrons. The molecular formula is C13H25NO3. The zero-order valence-corrected chi connectivity index (χ0v) is 11.2. The van der Waals surface area contributed by atoms with Gasteiger partial charge < -0.3 is 15.2 Å². The predicted octanol–water partition coefficient (Wildman–Crippen LogP) is 1.86. The lowest BCUT2D eigenvalue weighted by Gasteiger charge is -2.40. The number of esters is 1. The second-order valence-electron chi connectivity index (χ2n) is 5.10. The Labute approximate surface area is 104 Å². The Hall–Kier alpha value is -0.610. The largest absolute Gasteiger partial charge is 0.464 e. The van der Waals surface area contributed by atoms with E-state index in [0.717, 1.165) is 19.3 Å². The summed E-state index contributed by atoms with van der Waals surface area (Å²) in [6, 6.07) is 0. The van der Waals surface area contributed by atoms with Crippen molar-refractivity contribution in [2.75, 3.05) is 13.2 Å². The summed E-state index contributed by atoms with van der Waals surface area (Å²) < 4.78 is 10.9. The van der Waals surface area contributed by atoms with Gasteiger partial charge in [0.1, 0.15) is 0 Å². The number of carbonyl (C=O) groups is 1. The predicted molar refractivity (Wildman–Crippen MR) is 66.6 cm³/mol. The van der Waals surface area contributed by atoms with Gasteiger partial charge in [-0.15, -0.1) is 0 Å². The lowest BCUT2D eigenvalue weighted by Crippen LogP contribution is -2.48. The molecule has 3 atom stereocenters. The van der Waals surface area contributed by atoms with Crippen molar-refractivity contribution < 1.29 is 14.3 Å². The smallest absolute Gasteiger partial charge is 0.334 e. The summed E-state index contributed by atoms with van der Waals surface area (Å²) in [5.41, 5.74) is 5.52. The molecule has 1 aliphatic rings. The quantitative estimate of drug-likeness (QED) is 0.749. The Bertz CT molecular complexity index is 257. The van der Waals surface area contributed by atoms with Crippen LogP contribution in [0, 0.1) is 5.92 Å². The van der Waals surface area contributed by atoms with Crippen LogP contribution >= 0.6 is 0 Å². The Morgan fingerprint density at radius 1 is 1.59 bits per heavy atom. The minimum Gasteiger partial charge on any atom is -0.464 e. The molecule has 4 nitrogen and oxygen atoms in total. The van der Waals surface area contributed by atoms with Crippen molar-refractivity contribution in [2.45, 2.75) is 58.2 Å². The number of nitrogens with two attached hydrogens (primary N) is 1. The van der Waals surface area contributed by atoms with E-state index in [0.29, 0.717) is 19.1 Å². The third kappa shape index (κ3) is 3.96. The lowest BCUT2D eigenvalue weighted by atomic mass is 9.78. The van der Waals surface area contributed by atoms with Gasteiger partial charge in [-0.05, 0) is 32.6 Å². The highest BCUT2D eigenvalue weighted by molar-refractivity contribution is 5.74. The average Bonchev–Trinajstić information content (AvgIpc) is 2.29. The summed E-state index contributed by atoms with van der Waals surface area (Å²) in [5.74, 6) is 0.320. The SMILES string of the molecule is CCOC(=O)C(C)OC1(CN)CCCC(C)C1. The van der Waals surface area contributed by atoms with Gasteiger partial charge in [0.05, 0.1) is 12.2 Å². The molecule has 1 aliphatic carbocycles. The molecule has 0 aromatic carbocycles. The fraction of sp³-hybridized carbons (Fsp3) is 0.923. The minimum atomic E-state index is -0.524. The highest BCUT2D eigenvalue weighted by Crippen LogP contribution is 2.35. The Balaban J connectivity index is 2.58. The van der Waals surface area contributed by atoms with E-state index in [1.54, 1.807) is 13.8 Å². The summed E-state index contributed by atoms with van der Waals surface area (Å²) in [7, 11) is 0. The third-order valence-corrected chi connectivity index (χ3v) is 3.47. The van der Waals surface area contributed by atoms with Crippen molar-refractivity contribution in [3.05, 3.63) is 0 Å². The normalized spacial score (nSPS) is 30.9. The molecule has 1 saturated carbocycles. The summed E-state index contributed by atoms with van der Waals surface area (Å²) in [6.07, 6.45) is 3.70. The molecular weight excluding hydrogens is 218 g/mol.